The molecule has 7 heteroatoms. The van der Waals surface area contributed by atoms with E-state index in [1.54, 1.807) is 39.0 Å². The number of hydrogen-bond acceptors (Lipinski definition) is 6. The molecule has 0 radical (unpaired) electrons. The molecule has 0 spiro atoms. The molecule has 1 N–H and O–H groups in total. The number of carbonyl (C=O) groups excluding carboxylic acids is 2. The summed E-state index contributed by atoms with van der Waals surface area (Å²) in [6, 6.07) is 4.05. The Kier molecular flexibility index (Phi) is 6.24. The summed E-state index contributed by atoms with van der Waals surface area (Å²) in [4.78, 5) is 22.9. The lowest BCUT2D eigenvalue weighted by atomic mass is 10.0. The van der Waals surface area contributed by atoms with Crippen LogP contribution in [-0.4, -0.2) is 31.9 Å². The Balaban J connectivity index is 3.06. The molecule has 0 heterocycles. The standard InChI is InChI=1S/C16H23NO6/c1-16(2,3)23-15(20)17-13(9-14(18)19)10-6-11(21-4)8-12(7-10)22-5/h6-8,13H,9H2,1-5H3,(H,17,20)(H,18,19)/p-1/t13-/m0/s1. The zero-order chi connectivity index (χ0) is 17.6. The molecule has 1 rings (SSSR count). The topological polar surface area (TPSA) is 96.9 Å². The summed E-state index contributed by atoms with van der Waals surface area (Å²) in [7, 11) is 2.96. The van der Waals surface area contributed by atoms with E-state index in [-0.39, 0.29) is 0 Å². The summed E-state index contributed by atoms with van der Waals surface area (Å²) < 4.78 is 15.5. The van der Waals surface area contributed by atoms with Crippen molar-refractivity contribution in [1.82, 2.24) is 5.32 Å². The Morgan fingerprint density at radius 3 is 2.04 bits per heavy atom. The van der Waals surface area contributed by atoms with Crippen LogP contribution in [0.25, 0.3) is 0 Å². The van der Waals surface area contributed by atoms with E-state index < -0.39 is 30.1 Å². The molecule has 0 saturated heterocycles. The first-order valence-electron chi connectivity index (χ1n) is 7.07. The normalized spacial score (nSPS) is 12.2. The number of methoxy groups -OCH3 is 2. The lowest BCUT2D eigenvalue weighted by molar-refractivity contribution is -0.306. The second-order valence-electron chi connectivity index (χ2n) is 5.92. The molecule has 0 saturated carbocycles. The Bertz CT molecular complexity index is 542. The molecule has 23 heavy (non-hydrogen) atoms. The van der Waals surface area contributed by atoms with Crippen molar-refractivity contribution in [3.63, 3.8) is 0 Å². The van der Waals surface area contributed by atoms with Gasteiger partial charge in [0.15, 0.2) is 0 Å². The molecule has 1 aromatic rings. The van der Waals surface area contributed by atoms with E-state index in [1.165, 1.54) is 14.2 Å². The van der Waals surface area contributed by atoms with Gasteiger partial charge in [-0.25, -0.2) is 4.79 Å². The fourth-order valence-electron chi connectivity index (χ4n) is 1.90. The first-order valence-corrected chi connectivity index (χ1v) is 7.07. The number of carboxylic acids is 1. The number of alkyl carbamates (subject to hydrolysis) is 1. The number of carbonyl (C=O) groups is 2. The highest BCUT2D eigenvalue weighted by atomic mass is 16.6. The third-order valence-corrected chi connectivity index (χ3v) is 2.84. The quantitative estimate of drug-likeness (QED) is 0.850. The maximum atomic E-state index is 11.9. The van der Waals surface area contributed by atoms with Crippen LogP contribution < -0.4 is 19.9 Å². The summed E-state index contributed by atoms with van der Waals surface area (Å²) in [5, 5.41) is 13.5. The Labute approximate surface area is 135 Å². The van der Waals surface area contributed by atoms with E-state index in [0.29, 0.717) is 17.1 Å². The van der Waals surface area contributed by atoms with Gasteiger partial charge in [0, 0.05) is 18.5 Å². The zero-order valence-electron chi connectivity index (χ0n) is 14.0. The summed E-state index contributed by atoms with van der Waals surface area (Å²) in [5.41, 5.74) is -0.182. The average molecular weight is 324 g/mol. The van der Waals surface area contributed by atoms with E-state index in [1.807, 2.05) is 0 Å². The van der Waals surface area contributed by atoms with Gasteiger partial charge in [0.1, 0.15) is 17.1 Å². The number of hydrogen-bond donors (Lipinski definition) is 1. The summed E-state index contributed by atoms with van der Waals surface area (Å²) in [5.74, 6) is -0.338. The first-order chi connectivity index (χ1) is 10.6. The van der Waals surface area contributed by atoms with Crippen molar-refractivity contribution in [1.29, 1.82) is 0 Å². The third kappa shape index (κ3) is 6.46. The fourth-order valence-corrected chi connectivity index (χ4v) is 1.90. The van der Waals surface area contributed by atoms with Gasteiger partial charge in [0.2, 0.25) is 0 Å². The van der Waals surface area contributed by atoms with Gasteiger partial charge < -0.3 is 29.4 Å². The highest BCUT2D eigenvalue weighted by Crippen LogP contribution is 2.28. The number of amides is 1. The van der Waals surface area contributed by atoms with E-state index in [9.17, 15) is 14.7 Å². The van der Waals surface area contributed by atoms with Crippen LogP contribution in [-0.2, 0) is 9.53 Å². The Morgan fingerprint density at radius 2 is 1.65 bits per heavy atom. The smallest absolute Gasteiger partial charge is 0.408 e. The van der Waals surface area contributed by atoms with Crippen LogP contribution in [0.1, 0.15) is 38.8 Å². The largest absolute Gasteiger partial charge is 0.550 e. The minimum absolute atomic E-state index is 0.407. The molecule has 0 aliphatic rings. The van der Waals surface area contributed by atoms with Crippen molar-refractivity contribution >= 4 is 12.1 Å². The lowest BCUT2D eigenvalue weighted by Gasteiger charge is -2.24. The number of benzene rings is 1. The van der Waals surface area contributed by atoms with Crippen molar-refractivity contribution in [2.24, 2.45) is 0 Å². The molecule has 0 aromatic heterocycles. The van der Waals surface area contributed by atoms with E-state index >= 15 is 0 Å². The van der Waals surface area contributed by atoms with Gasteiger partial charge in [-0.15, -0.1) is 0 Å². The maximum Gasteiger partial charge on any atom is 0.408 e. The number of aliphatic carboxylic acids is 1. The SMILES string of the molecule is COc1cc(OC)cc([C@H](CC(=O)[O-])NC(=O)OC(C)(C)C)c1. The molecule has 1 amide bonds. The zero-order valence-corrected chi connectivity index (χ0v) is 14.0. The van der Waals surface area contributed by atoms with E-state index in [4.69, 9.17) is 14.2 Å². The van der Waals surface area contributed by atoms with Crippen LogP contribution in [0.15, 0.2) is 18.2 Å². The van der Waals surface area contributed by atoms with Gasteiger partial charge in [-0.3, -0.25) is 0 Å². The molecule has 0 fully saturated rings. The van der Waals surface area contributed by atoms with E-state index in [2.05, 4.69) is 5.32 Å². The molecule has 128 valence electrons. The molecule has 0 unspecified atom stereocenters. The van der Waals surface area contributed by atoms with E-state index in [0.717, 1.165) is 0 Å². The van der Waals surface area contributed by atoms with Crippen molar-refractivity contribution in [3.8, 4) is 11.5 Å². The fraction of sp³-hybridized carbons (Fsp3) is 0.500. The number of rotatable bonds is 6. The first kappa shape index (κ1) is 18.6. The molecule has 1 aromatic carbocycles. The van der Waals surface area contributed by atoms with Crippen molar-refractivity contribution in [3.05, 3.63) is 23.8 Å². The average Bonchev–Trinajstić information content (AvgIpc) is 2.43. The monoisotopic (exact) mass is 324 g/mol. The highest BCUT2D eigenvalue weighted by molar-refractivity contribution is 5.71. The van der Waals surface area contributed by atoms with Crippen molar-refractivity contribution < 1.29 is 28.9 Å². The van der Waals surface area contributed by atoms with Crippen LogP contribution >= 0.6 is 0 Å². The van der Waals surface area contributed by atoms with Crippen molar-refractivity contribution in [2.45, 2.75) is 38.8 Å². The minimum atomic E-state index is -1.30. The Hall–Kier alpha value is -2.44. The molecule has 0 bridgehead atoms. The molecule has 7 nitrogen and oxygen atoms in total. The molecular formula is C16H22NO6-. The molecule has 0 aliphatic carbocycles. The third-order valence-electron chi connectivity index (χ3n) is 2.84. The second kappa shape index (κ2) is 7.71. The van der Waals surface area contributed by atoms with Gasteiger partial charge in [0.25, 0.3) is 0 Å². The molecule has 1 atom stereocenters. The number of nitrogens with one attached hydrogen (secondary N) is 1. The van der Waals surface area contributed by atoms with Crippen LogP contribution in [0.5, 0.6) is 11.5 Å². The number of carboxylic acid groups (broad SMARTS) is 1. The molecule has 0 aliphatic heterocycles. The van der Waals surface area contributed by atoms with Gasteiger partial charge >= 0.3 is 6.09 Å². The van der Waals surface area contributed by atoms with Crippen LogP contribution in [0, 0.1) is 0 Å². The summed E-state index contributed by atoms with van der Waals surface area (Å²) in [6.45, 7) is 5.15. The second-order valence-corrected chi connectivity index (χ2v) is 5.92. The molecular weight excluding hydrogens is 302 g/mol. The van der Waals surface area contributed by atoms with Crippen LogP contribution in [0.2, 0.25) is 0 Å². The highest BCUT2D eigenvalue weighted by Gasteiger charge is 2.21. The minimum Gasteiger partial charge on any atom is -0.550 e. The predicted octanol–water partition coefficient (Wildman–Crippen LogP) is 1.41. The van der Waals surface area contributed by atoms with Crippen LogP contribution in [0.4, 0.5) is 4.79 Å². The van der Waals surface area contributed by atoms with Gasteiger partial charge in [-0.05, 0) is 38.5 Å². The Morgan fingerprint density at radius 1 is 1.13 bits per heavy atom. The van der Waals surface area contributed by atoms with Gasteiger partial charge in [-0.2, -0.15) is 0 Å². The predicted molar refractivity (Wildman–Crippen MR) is 81.3 cm³/mol. The lowest BCUT2D eigenvalue weighted by Crippen LogP contribution is -2.37. The summed E-state index contributed by atoms with van der Waals surface area (Å²) >= 11 is 0. The van der Waals surface area contributed by atoms with Crippen molar-refractivity contribution in [2.75, 3.05) is 14.2 Å². The van der Waals surface area contributed by atoms with Gasteiger partial charge in [0.05, 0.1) is 20.3 Å². The number of ether oxygens (including phenoxy) is 3. The summed E-state index contributed by atoms with van der Waals surface area (Å²) in [6.07, 6.45) is -1.12. The van der Waals surface area contributed by atoms with Crippen LogP contribution in [0.3, 0.4) is 0 Å². The maximum absolute atomic E-state index is 11.9. The van der Waals surface area contributed by atoms with Gasteiger partial charge in [-0.1, -0.05) is 0 Å².